The third kappa shape index (κ3) is 30.7. The standard InChI is InChI=1S/C58H113NO13/c1-3-5-7-9-11-13-15-17-19-21-22-23-24-26-28-30-32-34-36-38-40-42-50(63)59-46(47(62)41-39-37-35-33-31-29-27-25-20-18-16-14-12-10-8-6-4-2)45-69-57-55(68)53(66)56(49(44-61)71-57)72-58-54(67)52(65)51(64)48(43-60)70-58/h46-49,51-58,60-62,64-68H,3-45H2,1-2H3,(H,59,63)/t46-,47+,48+,49+,51-,52?,53?,54?,55?,56+,57+,58-/m0/s1. The zero-order valence-electron chi connectivity index (χ0n) is 46.0. The predicted octanol–water partition coefficient (Wildman–Crippen LogP) is 10.1. The highest BCUT2D eigenvalue weighted by Crippen LogP contribution is 2.30. The number of unbranched alkanes of at least 4 members (excludes halogenated alkanes) is 36. The Morgan fingerprint density at radius 1 is 0.444 bits per heavy atom. The minimum absolute atomic E-state index is 0.200. The van der Waals surface area contributed by atoms with E-state index >= 15 is 0 Å². The number of aliphatic hydroxyl groups is 8. The summed E-state index contributed by atoms with van der Waals surface area (Å²) in [5, 5.41) is 87.3. The Balaban J connectivity index is 1.74. The molecule has 4 unspecified atom stereocenters. The van der Waals surface area contributed by atoms with Gasteiger partial charge >= 0.3 is 0 Å². The molecule has 0 aromatic rings. The second-order valence-electron chi connectivity index (χ2n) is 21.8. The number of ether oxygens (including phenoxy) is 4. The molecule has 0 radical (unpaired) electrons. The van der Waals surface area contributed by atoms with E-state index in [9.17, 15) is 45.6 Å². The lowest BCUT2D eigenvalue weighted by atomic mass is 9.97. The van der Waals surface area contributed by atoms with E-state index in [1.807, 2.05) is 0 Å². The topological polar surface area (TPSA) is 228 Å². The molecule has 2 heterocycles. The zero-order chi connectivity index (χ0) is 52.4. The lowest BCUT2D eigenvalue weighted by Gasteiger charge is -2.46. The van der Waals surface area contributed by atoms with Crippen molar-refractivity contribution in [2.24, 2.45) is 0 Å². The van der Waals surface area contributed by atoms with Gasteiger partial charge in [-0.2, -0.15) is 0 Å². The van der Waals surface area contributed by atoms with Gasteiger partial charge in [0.1, 0.15) is 48.8 Å². The smallest absolute Gasteiger partial charge is 0.220 e. The number of rotatable bonds is 49. The fraction of sp³-hybridized carbons (Fsp3) is 0.983. The minimum atomic E-state index is -1.78. The summed E-state index contributed by atoms with van der Waals surface area (Å²) in [6, 6.07) is -0.822. The highest BCUT2D eigenvalue weighted by Gasteiger charge is 2.51. The molecule has 72 heavy (non-hydrogen) atoms. The van der Waals surface area contributed by atoms with Crippen LogP contribution in [-0.2, 0) is 23.7 Å². The molecule has 2 aliphatic rings. The van der Waals surface area contributed by atoms with E-state index in [2.05, 4.69) is 19.2 Å². The summed E-state index contributed by atoms with van der Waals surface area (Å²) in [5.74, 6) is -0.200. The van der Waals surface area contributed by atoms with E-state index in [-0.39, 0.29) is 12.5 Å². The molecule has 2 rings (SSSR count). The summed E-state index contributed by atoms with van der Waals surface area (Å²) in [7, 11) is 0. The first-order valence-electron chi connectivity index (χ1n) is 30.3. The number of nitrogens with one attached hydrogen (secondary N) is 1. The summed E-state index contributed by atoms with van der Waals surface area (Å²) in [6.07, 6.45) is 32.4. The van der Waals surface area contributed by atoms with Crippen molar-refractivity contribution in [3.63, 3.8) is 0 Å². The Kier molecular flexibility index (Phi) is 42.0. The molecule has 2 fully saturated rings. The van der Waals surface area contributed by atoms with Gasteiger partial charge in [0.15, 0.2) is 12.6 Å². The monoisotopic (exact) mass is 1030 g/mol. The number of amides is 1. The normalized spacial score (nSPS) is 25.5. The van der Waals surface area contributed by atoms with E-state index in [1.54, 1.807) is 0 Å². The second kappa shape index (κ2) is 45.1. The number of carbonyl (C=O) groups excluding carboxylic acids is 1. The maximum Gasteiger partial charge on any atom is 0.220 e. The molecule has 0 aliphatic carbocycles. The van der Waals surface area contributed by atoms with Crippen molar-refractivity contribution in [1.29, 1.82) is 0 Å². The van der Waals surface area contributed by atoms with Crippen molar-refractivity contribution < 1.29 is 64.6 Å². The van der Waals surface area contributed by atoms with Gasteiger partial charge in [-0.05, 0) is 12.8 Å². The molecule has 2 aliphatic heterocycles. The van der Waals surface area contributed by atoms with Crippen LogP contribution in [0.1, 0.15) is 271 Å². The third-order valence-corrected chi connectivity index (χ3v) is 15.3. The quantitative estimate of drug-likeness (QED) is 0.0259. The maximum absolute atomic E-state index is 13.3. The van der Waals surface area contributed by atoms with Gasteiger partial charge in [0.2, 0.25) is 5.91 Å². The molecule has 0 aromatic heterocycles. The van der Waals surface area contributed by atoms with Crippen molar-refractivity contribution in [2.45, 2.75) is 344 Å². The van der Waals surface area contributed by atoms with E-state index in [0.717, 1.165) is 51.4 Å². The van der Waals surface area contributed by atoms with Crippen LogP contribution in [0.4, 0.5) is 0 Å². The van der Waals surface area contributed by atoms with Crippen LogP contribution in [0.15, 0.2) is 0 Å². The Bertz CT molecular complexity index is 1220. The van der Waals surface area contributed by atoms with Crippen LogP contribution in [0.2, 0.25) is 0 Å². The number of carbonyl (C=O) groups is 1. The maximum atomic E-state index is 13.3. The average molecular weight is 1030 g/mol. The summed E-state index contributed by atoms with van der Waals surface area (Å²) in [4.78, 5) is 13.3. The summed E-state index contributed by atoms with van der Waals surface area (Å²) in [5.41, 5.74) is 0. The SMILES string of the molecule is CCCCCCCCCCCCCCCCCCCCCCCC(=O)N[C@@H](CO[C@@H]1O[C@H](CO)[C@@H](O[C@@H]2O[C@H](CO)[C@H](O)C(O)C2O)C(O)C1O)[C@H](O)CCCCCCCCCCCCCCCCCCC. The fourth-order valence-electron chi connectivity index (χ4n) is 10.4. The lowest BCUT2D eigenvalue weighted by molar-refractivity contribution is -0.359. The van der Waals surface area contributed by atoms with Crippen LogP contribution in [0.3, 0.4) is 0 Å². The molecule has 9 N–H and O–H groups in total. The highest BCUT2D eigenvalue weighted by molar-refractivity contribution is 5.76. The number of aliphatic hydroxyl groups excluding tert-OH is 8. The molecule has 2 saturated heterocycles. The molecule has 0 aromatic carbocycles. The summed E-state index contributed by atoms with van der Waals surface area (Å²) in [6.45, 7) is 2.90. The van der Waals surface area contributed by atoms with Crippen LogP contribution in [0, 0.1) is 0 Å². The number of hydrogen-bond donors (Lipinski definition) is 9. The molecule has 14 nitrogen and oxygen atoms in total. The predicted molar refractivity (Wildman–Crippen MR) is 286 cm³/mol. The zero-order valence-corrected chi connectivity index (χ0v) is 46.0. The van der Waals surface area contributed by atoms with Crippen molar-refractivity contribution >= 4 is 5.91 Å². The Morgan fingerprint density at radius 3 is 1.18 bits per heavy atom. The van der Waals surface area contributed by atoms with Gasteiger partial charge in [-0.1, -0.05) is 251 Å². The van der Waals surface area contributed by atoms with Gasteiger partial charge in [0, 0.05) is 6.42 Å². The lowest BCUT2D eigenvalue weighted by Crippen LogP contribution is -2.65. The Labute approximate surface area is 438 Å². The van der Waals surface area contributed by atoms with Crippen LogP contribution in [0.5, 0.6) is 0 Å². The summed E-state index contributed by atoms with van der Waals surface area (Å²) >= 11 is 0. The second-order valence-corrected chi connectivity index (χ2v) is 21.8. The van der Waals surface area contributed by atoms with Crippen LogP contribution in [0.25, 0.3) is 0 Å². The van der Waals surface area contributed by atoms with Gasteiger partial charge in [0.25, 0.3) is 0 Å². The molecule has 0 bridgehead atoms. The van der Waals surface area contributed by atoms with Crippen LogP contribution >= 0.6 is 0 Å². The first kappa shape index (κ1) is 67.1. The highest BCUT2D eigenvalue weighted by atomic mass is 16.7. The molecule has 1 amide bonds. The van der Waals surface area contributed by atoms with E-state index in [4.69, 9.17) is 18.9 Å². The van der Waals surface area contributed by atoms with Crippen molar-refractivity contribution in [1.82, 2.24) is 5.32 Å². The van der Waals surface area contributed by atoms with Crippen molar-refractivity contribution in [3.8, 4) is 0 Å². The molecule has 0 saturated carbocycles. The van der Waals surface area contributed by atoms with Crippen molar-refractivity contribution in [3.05, 3.63) is 0 Å². The Hall–Kier alpha value is -1.01. The molecule has 14 heteroatoms. The van der Waals surface area contributed by atoms with Crippen LogP contribution < -0.4 is 5.32 Å². The molecule has 12 atom stereocenters. The minimum Gasteiger partial charge on any atom is -0.394 e. The first-order valence-corrected chi connectivity index (χ1v) is 30.3. The largest absolute Gasteiger partial charge is 0.394 e. The molecule has 428 valence electrons. The Morgan fingerprint density at radius 2 is 0.792 bits per heavy atom. The molecular weight excluding hydrogens is 919 g/mol. The first-order chi connectivity index (χ1) is 35.1. The fourth-order valence-corrected chi connectivity index (χ4v) is 10.4. The number of hydrogen-bond acceptors (Lipinski definition) is 13. The van der Waals surface area contributed by atoms with Gasteiger partial charge < -0.3 is 65.1 Å². The average Bonchev–Trinajstić information content (AvgIpc) is 3.38. The van der Waals surface area contributed by atoms with Gasteiger partial charge in [0.05, 0.1) is 32.0 Å². The summed E-state index contributed by atoms with van der Waals surface area (Å²) < 4.78 is 22.8. The van der Waals surface area contributed by atoms with Gasteiger partial charge in [-0.3, -0.25) is 4.79 Å². The molecular formula is C58H113NO13. The van der Waals surface area contributed by atoms with E-state index in [0.29, 0.717) is 12.8 Å². The molecule has 0 spiro atoms. The van der Waals surface area contributed by atoms with E-state index in [1.165, 1.54) is 193 Å². The van der Waals surface area contributed by atoms with E-state index < -0.39 is 86.8 Å². The third-order valence-electron chi connectivity index (χ3n) is 15.3. The van der Waals surface area contributed by atoms with Crippen LogP contribution in [-0.4, -0.2) is 140 Å². The van der Waals surface area contributed by atoms with Gasteiger partial charge in [-0.25, -0.2) is 0 Å². The van der Waals surface area contributed by atoms with Gasteiger partial charge in [-0.15, -0.1) is 0 Å². The van der Waals surface area contributed by atoms with Crippen molar-refractivity contribution in [2.75, 3.05) is 19.8 Å².